The predicted molar refractivity (Wildman–Crippen MR) is 525 cm³/mol. The van der Waals surface area contributed by atoms with Crippen molar-refractivity contribution in [3.8, 4) is 0 Å². The summed E-state index contributed by atoms with van der Waals surface area (Å²) in [5.41, 5.74) is -1.03. The number of fused-ring (bicyclic) bond motifs is 6. The molecule has 0 amide bonds. The van der Waals surface area contributed by atoms with Gasteiger partial charge in [0, 0.05) is 67.1 Å². The Kier molecular flexibility index (Phi) is 50.0. The van der Waals surface area contributed by atoms with E-state index < -0.39 is 131 Å². The number of rotatable bonds is 31. The van der Waals surface area contributed by atoms with Crippen molar-refractivity contribution >= 4 is 107 Å². The minimum Gasteiger partial charge on any atom is -0.469 e. The average molecular weight is 2060 g/mol. The van der Waals surface area contributed by atoms with Crippen LogP contribution >= 0.6 is 0 Å². The van der Waals surface area contributed by atoms with Gasteiger partial charge >= 0.3 is 89.5 Å². The monoisotopic (exact) mass is 2060 g/mol. The predicted octanol–water partition coefficient (Wildman–Crippen LogP) is 14.5. The van der Waals surface area contributed by atoms with Gasteiger partial charge in [-0.05, 0) is 119 Å². The van der Waals surface area contributed by atoms with Crippen LogP contribution in [0.2, 0.25) is 0 Å². The Morgan fingerprint density at radius 3 is 1.14 bits per heavy atom. The molecule has 0 spiro atoms. The molecule has 18 fully saturated rings. The molecular formula is C107H178O37. The van der Waals surface area contributed by atoms with Gasteiger partial charge in [-0.3, -0.25) is 86.3 Å². The largest absolute Gasteiger partial charge is 0.469 e. The zero-order chi connectivity index (χ0) is 96.2. The summed E-state index contributed by atoms with van der Waals surface area (Å²) in [4.78, 5) is 215. The number of ether oxygens (including phenoxy) is 19. The third-order valence-electron chi connectivity index (χ3n) is 31.4. The van der Waals surface area contributed by atoms with Crippen molar-refractivity contribution in [1.29, 1.82) is 0 Å². The lowest BCUT2D eigenvalue weighted by atomic mass is 9.76. The number of esters is 15. The van der Waals surface area contributed by atoms with Crippen LogP contribution in [0.25, 0.3) is 0 Å². The van der Waals surface area contributed by atoms with Gasteiger partial charge < -0.3 is 90.0 Å². The van der Waals surface area contributed by atoms with E-state index >= 15 is 0 Å². The maximum Gasteiger partial charge on any atom is 0.313 e. The molecular weight excluding hydrogens is 1880 g/mol. The zero-order valence-corrected chi connectivity index (χ0v) is 78.5. The Labute approximate surface area is 854 Å². The highest BCUT2D eigenvalue weighted by molar-refractivity contribution is 5.94. The second-order valence-corrected chi connectivity index (χ2v) is 39.8. The molecule has 6 saturated carbocycles. The van der Waals surface area contributed by atoms with Crippen LogP contribution in [0.1, 0.15) is 303 Å². The normalized spacial score (nSPS) is 35.1. The van der Waals surface area contributed by atoms with E-state index in [0.29, 0.717) is 83.5 Å². The van der Waals surface area contributed by atoms with Crippen molar-refractivity contribution in [2.24, 2.45) is 129 Å². The fourth-order valence-corrected chi connectivity index (χ4v) is 22.5. The van der Waals surface area contributed by atoms with Crippen LogP contribution in [0.4, 0.5) is 0 Å². The van der Waals surface area contributed by atoms with Gasteiger partial charge in [0.1, 0.15) is 90.2 Å². The van der Waals surface area contributed by atoms with E-state index in [1.807, 2.05) is 83.1 Å². The molecule has 0 N–H and O–H groups in total. The summed E-state index contributed by atoms with van der Waals surface area (Å²) in [6.45, 7) is 29.9. The smallest absolute Gasteiger partial charge is 0.313 e. The maximum atomic E-state index is 12.2. The summed E-state index contributed by atoms with van der Waals surface area (Å²) in [5.74, 6) is -10.5. The molecule has 18 aliphatic rings. The van der Waals surface area contributed by atoms with Gasteiger partial charge in [0.05, 0.1) is 134 Å². The van der Waals surface area contributed by atoms with E-state index in [1.165, 1.54) is 21.1 Å². The molecule has 12 aliphatic heterocycles. The molecule has 6 aliphatic carbocycles. The molecule has 0 radical (unpaired) electrons. The molecule has 37 nitrogen and oxygen atoms in total. The van der Waals surface area contributed by atoms with Gasteiger partial charge in [-0.2, -0.15) is 0 Å². The maximum absolute atomic E-state index is 12.2. The number of hydrogen-bond acceptors (Lipinski definition) is 37. The molecule has 12 saturated heterocycles. The molecule has 12 heterocycles. The first-order valence-corrected chi connectivity index (χ1v) is 47.5. The van der Waals surface area contributed by atoms with Crippen molar-refractivity contribution in [1.82, 2.24) is 0 Å². The minimum absolute atomic E-state index is 0. The number of carbonyl (C=O) groups excluding carboxylic acids is 18. The van der Waals surface area contributed by atoms with Gasteiger partial charge in [-0.1, -0.05) is 158 Å². The molecule has 828 valence electrons. The summed E-state index contributed by atoms with van der Waals surface area (Å²) in [6, 6.07) is 0. The highest BCUT2D eigenvalue weighted by Gasteiger charge is 2.75. The van der Waals surface area contributed by atoms with Crippen molar-refractivity contribution in [2.45, 2.75) is 413 Å². The first-order valence-electron chi connectivity index (χ1n) is 47.5. The summed E-state index contributed by atoms with van der Waals surface area (Å²) in [5, 5.41) is 0. The van der Waals surface area contributed by atoms with E-state index in [9.17, 15) is 86.3 Å². The van der Waals surface area contributed by atoms with Crippen molar-refractivity contribution in [2.75, 3.05) is 34.0 Å². The molecule has 0 aromatic carbocycles. The number of ketones is 3. The van der Waals surface area contributed by atoms with Gasteiger partial charge in [-0.15, -0.1) is 0 Å². The fourth-order valence-electron chi connectivity index (χ4n) is 22.5. The van der Waals surface area contributed by atoms with Gasteiger partial charge in [0.25, 0.3) is 0 Å². The molecule has 12 bridgehead atoms. The lowest BCUT2D eigenvalue weighted by Crippen LogP contribution is -2.48. The summed E-state index contributed by atoms with van der Waals surface area (Å²) < 4.78 is 102. The van der Waals surface area contributed by atoms with Crippen LogP contribution in [0.15, 0.2) is 0 Å². The summed E-state index contributed by atoms with van der Waals surface area (Å²) in [7, 11) is 2.57. The lowest BCUT2D eigenvalue weighted by molar-refractivity contribution is -0.168. The number of Topliss-reactive ketones (excluding diaryl/α,β-unsaturated/α-hetero) is 3. The molecule has 37 heteroatoms. The van der Waals surface area contributed by atoms with Crippen LogP contribution < -0.4 is 0 Å². The third-order valence-corrected chi connectivity index (χ3v) is 31.4. The van der Waals surface area contributed by atoms with Crippen LogP contribution in [0.5, 0.6) is 0 Å². The van der Waals surface area contributed by atoms with Crippen LogP contribution in [-0.4, -0.2) is 251 Å². The second kappa shape index (κ2) is 54.2. The molecule has 144 heavy (non-hydrogen) atoms. The lowest BCUT2D eigenvalue weighted by Gasteiger charge is -2.30. The Bertz CT molecular complexity index is 4350. The van der Waals surface area contributed by atoms with E-state index in [1.54, 1.807) is 20.8 Å². The SMILES string of the molecule is C.C.C.C.C.C.C.C.C.C.C.C.CCC(C)(C)C(=O)OCCCC(=O)OC1C2CC(=O)C3C2OC1C3C(C)=O.CCC(C)(C)C(=O)OCCCC(=O)OC1C2CC3C(=O)CC1C3O2.CCC(C)C(=O)OC1C2CC3C(=O)OC1C3O2.CCC(C)C(=O)OC1C2CC3C1OC(=O)C3C2C(=O)OC.CCC(C)C(=O)OC1C2OC(=O)C3C2OC1C3C(=O)OC.CCOC(=O)C1C2CC3C(OC(=O)C31)C2OC(=O)C(C)CC. The van der Waals surface area contributed by atoms with Gasteiger partial charge in [-0.25, -0.2) is 0 Å². The van der Waals surface area contributed by atoms with E-state index in [-0.39, 0.29) is 337 Å². The first-order chi connectivity index (χ1) is 62.6. The van der Waals surface area contributed by atoms with Crippen LogP contribution in [0, 0.1) is 129 Å². The quantitative estimate of drug-likeness (QED) is 0.0353. The molecule has 18 rings (SSSR count). The summed E-state index contributed by atoms with van der Waals surface area (Å²) in [6.07, 6.45) is 1.46. The topological polar surface area (TPSA) is 483 Å². The second-order valence-electron chi connectivity index (χ2n) is 39.8. The van der Waals surface area contributed by atoms with Crippen molar-refractivity contribution in [3.05, 3.63) is 0 Å². The molecule has 38 unspecified atom stereocenters. The van der Waals surface area contributed by atoms with Crippen molar-refractivity contribution in [3.63, 3.8) is 0 Å². The number of methoxy groups -OCH3 is 2. The van der Waals surface area contributed by atoms with E-state index in [4.69, 9.17) is 90.0 Å². The van der Waals surface area contributed by atoms with E-state index in [0.717, 1.165) is 6.42 Å². The van der Waals surface area contributed by atoms with E-state index in [2.05, 4.69) is 0 Å². The Morgan fingerprint density at radius 2 is 0.694 bits per heavy atom. The van der Waals surface area contributed by atoms with Crippen LogP contribution in [0.3, 0.4) is 0 Å². The van der Waals surface area contributed by atoms with Crippen molar-refractivity contribution < 1.29 is 176 Å². The average Bonchev–Trinajstić information content (AvgIpc) is 1.55. The fraction of sp³-hybridized carbons (Fsp3) is 0.832. The molecule has 38 atom stereocenters. The third kappa shape index (κ3) is 25.4. The van der Waals surface area contributed by atoms with Crippen LogP contribution in [-0.2, 0) is 176 Å². The number of carbonyl (C=O) groups is 18. The Balaban J connectivity index is 0.000000853. The molecule has 0 aromatic rings. The van der Waals surface area contributed by atoms with Gasteiger partial charge in [0.2, 0.25) is 0 Å². The summed E-state index contributed by atoms with van der Waals surface area (Å²) >= 11 is 0. The highest BCUT2D eigenvalue weighted by Crippen LogP contribution is 2.62. The Morgan fingerprint density at radius 1 is 0.333 bits per heavy atom. The molecule has 0 aromatic heterocycles. The highest BCUT2D eigenvalue weighted by atomic mass is 16.7. The number of hydrogen-bond donors (Lipinski definition) is 0. The first kappa shape index (κ1) is 133. The standard InChI is InChI=1S/C20H28O7.C18H26O6.C16H22O6.C15H20O6.C14H18O7.C12H16O5.12CH4/c1-5-20(3,4)19(24)25-8-6-7-13(23)26-17-11-9-12(22)15-14(10(2)21)18(17)27-16(11)15;1-4-18(2,3)17(21)22-7-5-6-14(20)24-16-11-8-12(19)10-9-13(16)23-15(10)11;1-4-7(3)14(17)21-12-8-6-9-11(16(19)22-13(9)12)10(8)15(18)20-5-2;1-4-6(2)13(16)20-11-7-5-8-10(9(7)14(17)19-3)15(18)21-12(8)11;1-4-5(2)12(15)20-10-8-6(13(16)18-3)7-9(19-8)11(10)21-14(7)17;1-3-5(2)11(13)16-9-7-4-6-8(15-7)10(9)17-12(6)14;;;;;;;;;;;;/h11,14-18H,5-9H2,1-4H3;10-11,13,15-16H,4-9H2,1-3H3;7-13H,4-6H2,1-3H3;6-12H,4-5H2,1-3H3;5-11H,4H2,1-3H3;5-10H,3-4H2,1-2H3;12*1H4. The minimum atomic E-state index is -0.763. The van der Waals surface area contributed by atoms with Gasteiger partial charge in [0.15, 0.2) is 24.4 Å². The Hall–Kier alpha value is -9.10. The zero-order valence-electron chi connectivity index (χ0n) is 78.5.